The third kappa shape index (κ3) is 7.38. The summed E-state index contributed by atoms with van der Waals surface area (Å²) in [5.41, 5.74) is 2.73. The summed E-state index contributed by atoms with van der Waals surface area (Å²) < 4.78 is 60.1. The molecule has 2 aromatic heterocycles. The first-order valence-electron chi connectivity index (χ1n) is 18.7. The predicted molar refractivity (Wildman–Crippen MR) is 211 cm³/mol. The molecule has 15 heteroatoms. The molecule has 57 heavy (non-hydrogen) atoms. The normalized spacial score (nSPS) is 20.1. The van der Waals surface area contributed by atoms with Gasteiger partial charge in [-0.3, -0.25) is 19.4 Å². The highest BCUT2D eigenvalue weighted by Gasteiger charge is 2.47. The monoisotopic (exact) mass is 800 g/mol. The Bertz CT molecular complexity index is 2320. The molecule has 10 nitrogen and oxygen atoms in total. The Morgan fingerprint density at radius 3 is 2.42 bits per heavy atom. The predicted octanol–water partition coefficient (Wildman–Crippen LogP) is 8.42. The van der Waals surface area contributed by atoms with Gasteiger partial charge in [-0.25, -0.2) is 9.37 Å². The van der Waals surface area contributed by atoms with E-state index in [1.807, 2.05) is 13.0 Å². The van der Waals surface area contributed by atoms with Crippen LogP contribution in [0.4, 0.5) is 40.4 Å². The number of fused-ring (bicyclic) bond motifs is 2. The highest BCUT2D eigenvalue weighted by molar-refractivity contribution is 8.10. The molecule has 1 atom stereocenters. The molecule has 4 aromatic rings. The molecule has 6 heterocycles. The van der Waals surface area contributed by atoms with Crippen LogP contribution >= 0.6 is 11.8 Å². The summed E-state index contributed by atoms with van der Waals surface area (Å²) in [7, 11) is 0. The van der Waals surface area contributed by atoms with Crippen molar-refractivity contribution in [1.29, 1.82) is 0 Å². The van der Waals surface area contributed by atoms with Gasteiger partial charge in [0.1, 0.15) is 22.1 Å². The lowest BCUT2D eigenvalue weighted by atomic mass is 9.73. The number of alkyl halides is 3. The summed E-state index contributed by atoms with van der Waals surface area (Å²) >= 11 is 1.15. The quantitative estimate of drug-likeness (QED) is 0.187. The number of hydrogen-bond acceptors (Lipinski definition) is 8. The highest BCUT2D eigenvalue weighted by atomic mass is 32.2. The van der Waals surface area contributed by atoms with Crippen LogP contribution in [0.1, 0.15) is 75.8 Å². The Hall–Kier alpha value is -5.28. The average molecular weight is 801 g/mol. The maximum Gasteiger partial charge on any atom is 0.418 e. The van der Waals surface area contributed by atoms with Crippen molar-refractivity contribution >= 4 is 57.3 Å². The lowest BCUT2D eigenvalue weighted by Crippen LogP contribution is -2.59. The van der Waals surface area contributed by atoms with Crippen LogP contribution < -0.4 is 20.4 Å². The fraction of sp³-hybridized carbons (Fsp3) is 0.357. The maximum absolute atomic E-state index is 14.7. The van der Waals surface area contributed by atoms with E-state index in [-0.39, 0.29) is 30.2 Å². The number of hydrogen-bond donors (Lipinski definition) is 2. The molecule has 8 rings (SSSR count). The molecule has 4 aliphatic rings. The summed E-state index contributed by atoms with van der Waals surface area (Å²) in [5, 5.41) is 5.20. The van der Waals surface area contributed by atoms with E-state index < -0.39 is 33.9 Å². The van der Waals surface area contributed by atoms with Gasteiger partial charge in [0.25, 0.3) is 11.8 Å². The number of pyridine rings is 2. The number of ether oxygens (including phenoxy) is 1. The van der Waals surface area contributed by atoms with E-state index in [1.54, 1.807) is 61.3 Å². The van der Waals surface area contributed by atoms with E-state index in [0.29, 0.717) is 51.0 Å². The molecule has 3 amide bonds. The number of nitrogens with zero attached hydrogens (tertiary/aromatic N) is 4. The second-order valence-corrected chi connectivity index (χ2v) is 17.0. The standard InChI is InChI=1S/C42H40F4N6O4S/c1-24-19-29(36(47-21-24)51-22-41(23-51)14-17-56-18-15-41)37(53)49-28-10-8-26(9-11-28)38(54)52-16-13-27-20-40(3,57-35(27)34-32(52)12-7-25(2)48-34)39(55)50-33-30(42(44,45)46)5-4-6-31(33)43/h4-12,19,21H,13-18,20,22-23H2,1-3H3,(H,49,53)(H,50,55). The van der Waals surface area contributed by atoms with Gasteiger partial charge in [0.2, 0.25) is 5.91 Å². The van der Waals surface area contributed by atoms with Gasteiger partial charge < -0.3 is 25.2 Å². The van der Waals surface area contributed by atoms with Crippen molar-refractivity contribution in [3.63, 3.8) is 0 Å². The average Bonchev–Trinajstić information content (AvgIpc) is 3.45. The first-order valence-corrected chi connectivity index (χ1v) is 19.5. The minimum Gasteiger partial charge on any atom is -0.381 e. The molecule has 4 aliphatic heterocycles. The van der Waals surface area contributed by atoms with Crippen LogP contribution in [0.15, 0.2) is 72.4 Å². The third-order valence-corrected chi connectivity index (χ3v) is 12.6. The van der Waals surface area contributed by atoms with Gasteiger partial charge in [-0.15, -0.1) is 11.8 Å². The number of amides is 3. The van der Waals surface area contributed by atoms with Gasteiger partial charge in [-0.2, -0.15) is 13.2 Å². The van der Waals surface area contributed by atoms with Gasteiger partial charge in [-0.1, -0.05) is 11.6 Å². The number of aryl methyl sites for hydroxylation is 2. The second kappa shape index (κ2) is 14.6. The van der Waals surface area contributed by atoms with Gasteiger partial charge in [-0.05, 0) is 107 Å². The zero-order valence-electron chi connectivity index (χ0n) is 31.6. The van der Waals surface area contributed by atoms with Crippen LogP contribution in [0.25, 0.3) is 4.91 Å². The molecule has 0 bridgehead atoms. The summed E-state index contributed by atoms with van der Waals surface area (Å²) in [4.78, 5) is 55.3. The molecule has 0 radical (unpaired) electrons. The van der Waals surface area contributed by atoms with Crippen molar-refractivity contribution in [3.05, 3.63) is 112 Å². The molecule has 296 valence electrons. The van der Waals surface area contributed by atoms with Crippen molar-refractivity contribution in [1.82, 2.24) is 9.97 Å². The third-order valence-electron chi connectivity index (χ3n) is 11.2. The number of thioether (sulfide) groups is 1. The molecule has 1 spiro atoms. The number of carbonyl (C=O) groups excluding carboxylic acids is 3. The molecule has 2 fully saturated rings. The number of halogens is 4. The van der Waals surface area contributed by atoms with E-state index >= 15 is 0 Å². The minimum absolute atomic E-state index is 0.159. The lowest BCUT2D eigenvalue weighted by molar-refractivity contribution is -0.137. The van der Waals surface area contributed by atoms with Crippen LogP contribution in [0.5, 0.6) is 0 Å². The van der Waals surface area contributed by atoms with Gasteiger partial charge >= 0.3 is 6.18 Å². The SMILES string of the molecule is Cc1cnc(N2CC3(CCOCC3)C2)c(C(=O)Nc2ccc(C(=O)N3CCC4=C(SC(C)(C(=O)Nc5c(F)cccc5C(F)(F)F)C4)c4nc(C)ccc43)cc2)c1. The molecule has 2 aromatic carbocycles. The minimum atomic E-state index is -4.87. The highest BCUT2D eigenvalue weighted by Crippen LogP contribution is 2.55. The zero-order valence-corrected chi connectivity index (χ0v) is 32.4. The van der Waals surface area contributed by atoms with E-state index in [9.17, 15) is 31.9 Å². The van der Waals surface area contributed by atoms with Crippen molar-refractivity contribution in [3.8, 4) is 0 Å². The van der Waals surface area contributed by atoms with Crippen molar-refractivity contribution < 1.29 is 36.7 Å². The Morgan fingerprint density at radius 2 is 1.70 bits per heavy atom. The van der Waals surface area contributed by atoms with E-state index in [0.717, 1.165) is 80.2 Å². The molecule has 1 unspecified atom stereocenters. The summed E-state index contributed by atoms with van der Waals surface area (Å²) in [5.74, 6) is -1.91. The topological polar surface area (TPSA) is 117 Å². The number of anilines is 4. The van der Waals surface area contributed by atoms with Gasteiger partial charge in [0.05, 0.1) is 22.5 Å². The Morgan fingerprint density at radius 1 is 0.965 bits per heavy atom. The summed E-state index contributed by atoms with van der Waals surface area (Å²) in [6, 6.07) is 14.6. The number of rotatable bonds is 6. The van der Waals surface area contributed by atoms with E-state index in [1.165, 1.54) is 0 Å². The summed E-state index contributed by atoms with van der Waals surface area (Å²) in [6.45, 7) is 8.69. The van der Waals surface area contributed by atoms with Gasteiger partial charge in [0.15, 0.2) is 0 Å². The van der Waals surface area contributed by atoms with Crippen molar-refractivity contribution in [2.75, 3.05) is 53.3 Å². The van der Waals surface area contributed by atoms with E-state index in [4.69, 9.17) is 9.72 Å². The van der Waals surface area contributed by atoms with Crippen LogP contribution in [-0.2, 0) is 15.7 Å². The maximum atomic E-state index is 14.7. The molecule has 0 saturated carbocycles. The fourth-order valence-electron chi connectivity index (χ4n) is 8.08. The first kappa shape index (κ1) is 38.6. The molecule has 2 saturated heterocycles. The smallest absolute Gasteiger partial charge is 0.381 e. The summed E-state index contributed by atoms with van der Waals surface area (Å²) in [6.07, 6.45) is -0.596. The Balaban J connectivity index is 0.977. The van der Waals surface area contributed by atoms with Crippen molar-refractivity contribution in [2.45, 2.75) is 57.4 Å². The number of para-hydroxylation sites is 1. The van der Waals surface area contributed by atoms with Crippen LogP contribution in [0, 0.1) is 25.1 Å². The largest absolute Gasteiger partial charge is 0.418 e. The van der Waals surface area contributed by atoms with E-state index in [2.05, 4.69) is 20.5 Å². The lowest BCUT2D eigenvalue weighted by Gasteiger charge is -2.53. The number of nitrogens with one attached hydrogen (secondary N) is 2. The van der Waals surface area contributed by atoms with Crippen LogP contribution in [0.2, 0.25) is 0 Å². The molecule has 2 N–H and O–H groups in total. The van der Waals surface area contributed by atoms with Crippen LogP contribution in [-0.4, -0.2) is 65.3 Å². The van der Waals surface area contributed by atoms with Crippen molar-refractivity contribution in [2.24, 2.45) is 5.41 Å². The fourth-order valence-corrected chi connectivity index (χ4v) is 9.48. The molecule has 0 aliphatic carbocycles. The van der Waals surface area contributed by atoms with Crippen LogP contribution in [0.3, 0.4) is 0 Å². The molecular weight excluding hydrogens is 761 g/mol. The number of benzene rings is 2. The Labute approximate surface area is 331 Å². The number of carbonyl (C=O) groups is 3. The number of aromatic nitrogens is 2. The first-order chi connectivity index (χ1) is 27.1. The zero-order chi connectivity index (χ0) is 40.3. The molecular formula is C42H40F4N6O4S. The van der Waals surface area contributed by atoms with Gasteiger partial charge in [0, 0.05) is 66.3 Å². The second-order valence-electron chi connectivity index (χ2n) is 15.5. The Kier molecular flexibility index (Phi) is 9.87.